The van der Waals surface area contributed by atoms with Crippen molar-refractivity contribution in [2.75, 3.05) is 26.4 Å². The summed E-state index contributed by atoms with van der Waals surface area (Å²) in [6.45, 7) is 12.9. The number of rotatable bonds is 13. The molecule has 76 heavy (non-hydrogen) atoms. The van der Waals surface area contributed by atoms with Gasteiger partial charge in [-0.05, 0) is 92.8 Å². The van der Waals surface area contributed by atoms with Gasteiger partial charge in [0.25, 0.3) is 0 Å². The van der Waals surface area contributed by atoms with Crippen LogP contribution in [-0.2, 0) is 42.7 Å². The molecule has 3 saturated heterocycles. The number of allylic oxidation sites excluding steroid dienone is 3. The van der Waals surface area contributed by atoms with E-state index in [1.807, 2.05) is 20.8 Å². The average molecular weight is 1090 g/mol. The fourth-order valence-corrected chi connectivity index (χ4v) is 15.9. The van der Waals surface area contributed by atoms with Gasteiger partial charge in [-0.25, -0.2) is 9.59 Å². The van der Waals surface area contributed by atoms with Crippen LogP contribution in [0.4, 0.5) is 0 Å². The third-order valence-corrected chi connectivity index (χ3v) is 20.8. The van der Waals surface area contributed by atoms with Crippen LogP contribution in [0.5, 0.6) is 0 Å². The van der Waals surface area contributed by atoms with Crippen molar-refractivity contribution in [1.82, 2.24) is 0 Å². The van der Waals surface area contributed by atoms with Crippen molar-refractivity contribution >= 4 is 11.9 Å². The Morgan fingerprint density at radius 1 is 0.684 bits per heavy atom. The number of carbonyl (C=O) groups excluding carboxylic acids is 1. The Kier molecular flexibility index (Phi) is 16.9. The molecule has 23 nitrogen and oxygen atoms in total. The monoisotopic (exact) mass is 1090 g/mol. The van der Waals surface area contributed by atoms with Crippen LogP contribution in [0.3, 0.4) is 0 Å². The molecular formula is C53H84O23. The maximum absolute atomic E-state index is 13.2. The lowest BCUT2D eigenvalue weighted by atomic mass is 9.33. The molecule has 14 N–H and O–H groups in total. The minimum atomic E-state index is -2.16. The van der Waals surface area contributed by atoms with Gasteiger partial charge in [0.1, 0.15) is 79.4 Å². The molecule has 0 spiro atoms. The number of aliphatic carboxylic acids is 1. The van der Waals surface area contributed by atoms with Gasteiger partial charge < -0.3 is 105 Å². The van der Waals surface area contributed by atoms with Crippen LogP contribution in [0, 0.1) is 50.2 Å². The Bertz CT molecular complexity index is 2170. The second-order valence-electron chi connectivity index (χ2n) is 24.9. The van der Waals surface area contributed by atoms with E-state index in [2.05, 4.69) is 26.8 Å². The minimum Gasteiger partial charge on any atom is -0.479 e. The number of fused-ring (bicyclic) bond motifs is 7. The number of aliphatic hydroxyl groups excluding tert-OH is 13. The lowest BCUT2D eigenvalue weighted by molar-refractivity contribution is -0.392. The molecule has 434 valence electrons. The Morgan fingerprint density at radius 2 is 1.26 bits per heavy atom. The first-order valence-electron chi connectivity index (χ1n) is 26.8. The summed E-state index contributed by atoms with van der Waals surface area (Å²) in [5.74, 6) is -3.12. The van der Waals surface area contributed by atoms with Crippen molar-refractivity contribution in [1.29, 1.82) is 0 Å². The number of carboxylic acids is 1. The van der Waals surface area contributed by atoms with Crippen LogP contribution < -0.4 is 0 Å². The van der Waals surface area contributed by atoms with Gasteiger partial charge in [-0.3, -0.25) is 0 Å². The van der Waals surface area contributed by atoms with E-state index in [0.717, 1.165) is 5.57 Å². The number of ether oxygens (including phenoxy) is 7. The topological polar surface area (TPSA) is 382 Å². The van der Waals surface area contributed by atoms with Gasteiger partial charge in [-0.2, -0.15) is 0 Å². The summed E-state index contributed by atoms with van der Waals surface area (Å²) in [5.41, 5.74) is -3.57. The molecule has 0 aromatic rings. The largest absolute Gasteiger partial charge is 0.479 e. The first-order valence-corrected chi connectivity index (χ1v) is 26.8. The number of hydrogen-bond acceptors (Lipinski definition) is 22. The second kappa shape index (κ2) is 21.5. The summed E-state index contributed by atoms with van der Waals surface area (Å²) in [7, 11) is 0. The molecule has 27 atom stereocenters. The van der Waals surface area contributed by atoms with E-state index in [1.165, 1.54) is 0 Å². The Morgan fingerprint density at radius 3 is 1.79 bits per heavy atom. The number of aliphatic hydroxyl groups is 13. The van der Waals surface area contributed by atoms with Crippen LogP contribution in [0.1, 0.15) is 100 Å². The van der Waals surface area contributed by atoms with Crippen molar-refractivity contribution in [2.24, 2.45) is 50.2 Å². The Labute approximate surface area is 442 Å². The first-order chi connectivity index (χ1) is 35.5. The highest BCUT2D eigenvalue weighted by atomic mass is 16.8. The van der Waals surface area contributed by atoms with Crippen molar-refractivity contribution in [3.8, 4) is 0 Å². The average Bonchev–Trinajstić information content (AvgIpc) is 3.58. The summed E-state index contributed by atoms with van der Waals surface area (Å²) in [6, 6.07) is 0. The van der Waals surface area contributed by atoms with Crippen LogP contribution in [-0.4, -0.2) is 226 Å². The Balaban J connectivity index is 1.10. The smallest absolute Gasteiger partial charge is 0.335 e. The van der Waals surface area contributed by atoms with Gasteiger partial charge in [0, 0.05) is 16.4 Å². The highest BCUT2D eigenvalue weighted by Gasteiger charge is 2.73. The van der Waals surface area contributed by atoms with Gasteiger partial charge in [0.05, 0.1) is 44.1 Å². The molecular weight excluding hydrogens is 1000 g/mol. The lowest BCUT2D eigenvalue weighted by Gasteiger charge is -2.72. The van der Waals surface area contributed by atoms with Crippen molar-refractivity contribution in [2.45, 2.75) is 217 Å². The van der Waals surface area contributed by atoms with Crippen molar-refractivity contribution < 1.29 is 114 Å². The van der Waals surface area contributed by atoms with Gasteiger partial charge in [-0.1, -0.05) is 59.3 Å². The fourth-order valence-electron chi connectivity index (χ4n) is 15.9. The Hall–Kier alpha value is -2.34. The van der Waals surface area contributed by atoms with Gasteiger partial charge in [-0.15, -0.1) is 0 Å². The number of carbonyl (C=O) groups is 2. The molecule has 0 aromatic heterocycles. The molecule has 7 fully saturated rings. The number of esters is 1. The SMILES string of the molecule is C/C=C(\C)C(=O)OC1[C@H](O)[C@]2(CO)[C@H](O)C[C@]3(C)C(=CCC4[C@@]5(C)CC[C@H](O[C@@H]6O[C@H](C(=O)O)[C@@H](O[C@@H]7O[C@H](CO)[C@@H](O)[C@H](O)[C@H]7O)[C@H](O)[C@H]6O[C@@H]6O[C@H](CO)[C@@H](O)[C@H](O)[C@H]6O)[C@](C)(CO)C5CC[C@]43C)[C@@H]2CC1(C)C. The zero-order valence-electron chi connectivity index (χ0n) is 44.6. The van der Waals surface area contributed by atoms with Gasteiger partial charge in [0.15, 0.2) is 25.0 Å². The summed E-state index contributed by atoms with van der Waals surface area (Å²) in [5, 5.41) is 155. The molecule has 23 heteroatoms. The molecule has 0 radical (unpaired) electrons. The van der Waals surface area contributed by atoms with E-state index in [-0.39, 0.29) is 24.7 Å². The molecule has 3 heterocycles. The van der Waals surface area contributed by atoms with E-state index in [0.29, 0.717) is 37.7 Å². The quantitative estimate of drug-likeness (QED) is 0.0415. The zero-order chi connectivity index (χ0) is 56.2. The van der Waals surface area contributed by atoms with E-state index >= 15 is 0 Å². The predicted molar refractivity (Wildman–Crippen MR) is 259 cm³/mol. The molecule has 3 aliphatic heterocycles. The standard InChI is InChI=1S/C53H84O23/c1-9-22(2)44(69)76-42-41(66)53(21-57)24(16-48(42,3)4)23-10-11-28-49(5)14-13-30(50(6,20-56)27(49)12-15-51(28,7)52(23,8)17-29(53)58)72-47-39(74-46-36(64)34(62)32(60)26(19-55)71-46)37(65)38(40(75-47)43(67)68)73-45-35(63)33(61)31(59)25(18-54)70-45/h9-10,24-42,45-47,54-66H,11-21H2,1-8H3,(H,67,68)/b22-9+/t24-,25+,26+,27?,28?,29+,30-,31+,32+,33-,34-,35+,36+,37-,38-,39+,40-,41-,42?,45-,46-,47+,49-,50+,51+,52+,53-/m0/s1. The van der Waals surface area contributed by atoms with Gasteiger partial charge >= 0.3 is 11.9 Å². The van der Waals surface area contributed by atoms with E-state index in [4.69, 9.17) is 33.2 Å². The predicted octanol–water partition coefficient (Wildman–Crippen LogP) is -1.89. The molecule has 8 rings (SSSR count). The molecule has 3 unspecified atom stereocenters. The number of hydrogen-bond donors (Lipinski definition) is 14. The molecule has 0 bridgehead atoms. The maximum Gasteiger partial charge on any atom is 0.335 e. The minimum absolute atomic E-state index is 0.0566. The molecule has 0 aromatic carbocycles. The third kappa shape index (κ3) is 9.16. The van der Waals surface area contributed by atoms with Crippen LogP contribution in [0.15, 0.2) is 23.3 Å². The summed E-state index contributed by atoms with van der Waals surface area (Å²) in [6.07, 6.45) is -26.3. The second-order valence-corrected chi connectivity index (χ2v) is 24.9. The van der Waals surface area contributed by atoms with Crippen LogP contribution in [0.25, 0.3) is 0 Å². The third-order valence-electron chi connectivity index (χ3n) is 20.8. The van der Waals surface area contributed by atoms with Gasteiger partial charge in [0.2, 0.25) is 0 Å². The number of carboxylic acid groups (broad SMARTS) is 1. The summed E-state index contributed by atoms with van der Waals surface area (Å²) < 4.78 is 41.9. The highest BCUT2D eigenvalue weighted by molar-refractivity contribution is 5.87. The zero-order valence-corrected chi connectivity index (χ0v) is 44.6. The summed E-state index contributed by atoms with van der Waals surface area (Å²) in [4.78, 5) is 26.2. The fraction of sp³-hybridized carbons (Fsp3) is 0.887. The normalized spacial score (nSPS) is 52.3. The van der Waals surface area contributed by atoms with E-state index < -0.39 is 193 Å². The molecule has 5 aliphatic carbocycles. The highest BCUT2D eigenvalue weighted by Crippen LogP contribution is 2.76. The van der Waals surface area contributed by atoms with E-state index in [1.54, 1.807) is 19.9 Å². The summed E-state index contributed by atoms with van der Waals surface area (Å²) >= 11 is 0. The van der Waals surface area contributed by atoms with Crippen LogP contribution >= 0.6 is 0 Å². The van der Waals surface area contributed by atoms with E-state index in [9.17, 15) is 81.1 Å². The maximum atomic E-state index is 13.2. The molecule has 0 amide bonds. The van der Waals surface area contributed by atoms with Crippen LogP contribution in [0.2, 0.25) is 0 Å². The van der Waals surface area contributed by atoms with Crippen molar-refractivity contribution in [3.63, 3.8) is 0 Å². The first kappa shape index (κ1) is 59.8. The molecule has 4 saturated carbocycles. The lowest BCUT2D eigenvalue weighted by Crippen LogP contribution is -2.72. The molecule has 8 aliphatic rings. The van der Waals surface area contributed by atoms with Crippen molar-refractivity contribution in [3.05, 3.63) is 23.3 Å².